The summed E-state index contributed by atoms with van der Waals surface area (Å²) in [6.07, 6.45) is 2.54. The lowest BCUT2D eigenvalue weighted by molar-refractivity contribution is -0.140. The Labute approximate surface area is 231 Å². The average molecular weight is 579 g/mol. The number of H-pyrrole nitrogens is 1. The van der Waals surface area contributed by atoms with Crippen LogP contribution in [-0.2, 0) is 15.7 Å². The number of halogens is 4. The Bertz CT molecular complexity index is 1480. The highest BCUT2D eigenvalue weighted by atomic mass is 35.5. The van der Waals surface area contributed by atoms with Crippen molar-refractivity contribution in [3.05, 3.63) is 59.3 Å². The molecule has 1 aliphatic rings. The van der Waals surface area contributed by atoms with Gasteiger partial charge in [-0.2, -0.15) is 18.3 Å². The molecule has 0 atom stereocenters. The second-order valence-corrected chi connectivity index (χ2v) is 9.22. The molecule has 11 nitrogen and oxygen atoms in total. The number of alkyl halides is 3. The summed E-state index contributed by atoms with van der Waals surface area (Å²) in [6, 6.07) is 5.41. The number of rotatable bonds is 8. The first kappa shape index (κ1) is 28.8. The maximum Gasteiger partial charge on any atom is 0.433 e. The molecule has 5 rings (SSSR count). The van der Waals surface area contributed by atoms with E-state index in [1.165, 1.54) is 30.1 Å². The van der Waals surface area contributed by atoms with Crippen molar-refractivity contribution in [3.8, 4) is 11.3 Å². The lowest BCUT2D eigenvalue weighted by Gasteiger charge is -2.36. The summed E-state index contributed by atoms with van der Waals surface area (Å²) in [5.74, 6) is 0.0585. The molecule has 0 unspecified atom stereocenters. The fourth-order valence-corrected chi connectivity index (χ4v) is 4.54. The third kappa shape index (κ3) is 6.34. The first-order valence-electron chi connectivity index (χ1n) is 12.2. The molecular weight excluding hydrogens is 553 g/mol. The number of nitrogens with one attached hydrogen (secondary N) is 4. The van der Waals surface area contributed by atoms with E-state index in [1.807, 2.05) is 12.0 Å². The Hall–Kier alpha value is -4.17. The van der Waals surface area contributed by atoms with Crippen molar-refractivity contribution < 1.29 is 27.5 Å². The van der Waals surface area contributed by atoms with Crippen molar-refractivity contribution in [2.45, 2.75) is 38.0 Å². The van der Waals surface area contributed by atoms with Crippen molar-refractivity contribution in [3.63, 3.8) is 0 Å². The number of imidazole rings is 1. The molecule has 0 saturated heterocycles. The lowest BCUT2D eigenvalue weighted by atomic mass is 9.86. The molecule has 1 amide bonds. The van der Waals surface area contributed by atoms with Crippen molar-refractivity contribution in [1.82, 2.24) is 35.2 Å². The van der Waals surface area contributed by atoms with E-state index in [1.54, 1.807) is 18.2 Å². The maximum absolute atomic E-state index is 13.3. The highest BCUT2D eigenvalue weighted by Gasteiger charge is 2.36. The molecule has 1 aromatic carbocycles. The van der Waals surface area contributed by atoms with Crippen molar-refractivity contribution >= 4 is 41.1 Å². The number of methoxy groups -OCH3 is 1. The second-order valence-electron chi connectivity index (χ2n) is 8.82. The van der Waals surface area contributed by atoms with Gasteiger partial charge in [0.15, 0.2) is 11.5 Å². The maximum atomic E-state index is 13.3. The predicted molar refractivity (Wildman–Crippen MR) is 141 cm³/mol. The molecule has 4 aromatic rings. The Morgan fingerprint density at radius 1 is 1.25 bits per heavy atom. The van der Waals surface area contributed by atoms with Crippen LogP contribution in [-0.4, -0.2) is 62.7 Å². The van der Waals surface area contributed by atoms with E-state index in [0.29, 0.717) is 35.2 Å². The molecule has 3 aromatic heterocycles. The summed E-state index contributed by atoms with van der Waals surface area (Å²) in [4.78, 5) is 30.1. The molecule has 1 fully saturated rings. The number of aromatic amines is 1. The Balaban J connectivity index is 0.000000867. The number of aromatic nitrogens is 5. The fraction of sp³-hybridized carbons (Fsp3) is 0.320. The van der Waals surface area contributed by atoms with Crippen LogP contribution in [0.1, 0.15) is 35.8 Å². The van der Waals surface area contributed by atoms with E-state index in [-0.39, 0.29) is 28.2 Å². The topological polar surface area (TPSA) is 138 Å². The van der Waals surface area contributed by atoms with Gasteiger partial charge < -0.3 is 20.7 Å². The second kappa shape index (κ2) is 12.3. The summed E-state index contributed by atoms with van der Waals surface area (Å²) in [5, 5.41) is 15.2. The smallest absolute Gasteiger partial charge is 0.433 e. The van der Waals surface area contributed by atoms with Gasteiger partial charge in [0.05, 0.1) is 41.3 Å². The molecule has 3 heterocycles. The first-order chi connectivity index (χ1) is 19.2. The van der Waals surface area contributed by atoms with Gasteiger partial charge in [0.25, 0.3) is 12.4 Å². The van der Waals surface area contributed by atoms with Gasteiger partial charge in [0.2, 0.25) is 0 Å². The van der Waals surface area contributed by atoms with Crippen LogP contribution >= 0.6 is 11.6 Å². The summed E-state index contributed by atoms with van der Waals surface area (Å²) in [7, 11) is 1.31. The van der Waals surface area contributed by atoms with Gasteiger partial charge in [-0.1, -0.05) is 18.5 Å². The largest absolute Gasteiger partial charge is 0.471 e. The Morgan fingerprint density at radius 3 is 2.65 bits per heavy atom. The molecule has 1 aliphatic carbocycles. The number of amides is 1. The molecule has 15 heteroatoms. The molecule has 0 aliphatic heterocycles. The molecule has 0 spiro atoms. The van der Waals surface area contributed by atoms with Crippen LogP contribution in [0.25, 0.3) is 16.9 Å². The Kier molecular flexibility index (Phi) is 8.90. The molecule has 0 radical (unpaired) electrons. The van der Waals surface area contributed by atoms with Crippen LogP contribution < -0.4 is 16.0 Å². The summed E-state index contributed by atoms with van der Waals surface area (Å²) >= 11 is 6.39. The third-order valence-corrected chi connectivity index (χ3v) is 6.48. The summed E-state index contributed by atoms with van der Waals surface area (Å²) in [5.41, 5.74) is 0.304. The highest BCUT2D eigenvalue weighted by Crippen LogP contribution is 2.36. The van der Waals surface area contributed by atoms with Crippen molar-refractivity contribution in [1.29, 1.82) is 0 Å². The van der Waals surface area contributed by atoms with Gasteiger partial charge in [-0.15, -0.1) is 0 Å². The highest BCUT2D eigenvalue weighted by molar-refractivity contribution is 6.34. The minimum absolute atomic E-state index is 0.111. The normalized spacial score (nSPS) is 16.4. The zero-order chi connectivity index (χ0) is 28.9. The van der Waals surface area contributed by atoms with E-state index in [9.17, 15) is 18.0 Å². The fourth-order valence-electron chi connectivity index (χ4n) is 4.27. The number of carbonyl (C=O) groups is 2. The van der Waals surface area contributed by atoms with Gasteiger partial charge in [-0.05, 0) is 37.6 Å². The Morgan fingerprint density at radius 2 is 2.00 bits per heavy atom. The number of benzene rings is 1. The van der Waals surface area contributed by atoms with Crippen molar-refractivity contribution in [2.24, 2.45) is 0 Å². The summed E-state index contributed by atoms with van der Waals surface area (Å²) in [6.45, 7) is 3.32. The molecule has 212 valence electrons. The number of anilines is 2. The number of ether oxygens (including phenoxy) is 1. The number of hydrogen-bond acceptors (Lipinski definition) is 8. The molecule has 40 heavy (non-hydrogen) atoms. The number of nitrogens with zero attached hydrogens (tertiary/aromatic N) is 4. The zero-order valence-electron chi connectivity index (χ0n) is 21.4. The van der Waals surface area contributed by atoms with E-state index in [2.05, 4.69) is 35.8 Å². The molecule has 1 saturated carbocycles. The monoisotopic (exact) mass is 578 g/mol. The van der Waals surface area contributed by atoms with Gasteiger partial charge in [0.1, 0.15) is 5.69 Å². The van der Waals surface area contributed by atoms with Gasteiger partial charge >= 0.3 is 6.18 Å². The first-order valence-corrected chi connectivity index (χ1v) is 12.5. The van der Waals surface area contributed by atoms with Gasteiger partial charge in [0, 0.05) is 30.2 Å². The van der Waals surface area contributed by atoms with Gasteiger partial charge in [-0.3, -0.25) is 19.1 Å². The minimum Gasteiger partial charge on any atom is -0.471 e. The number of hydrogen-bond donors (Lipinski definition) is 4. The van der Waals surface area contributed by atoms with Crippen molar-refractivity contribution in [2.75, 3.05) is 19.0 Å². The number of carbonyl (C=O) groups excluding carboxylic acids is 2. The van der Waals surface area contributed by atoms with Crippen LogP contribution in [0.3, 0.4) is 0 Å². The van der Waals surface area contributed by atoms with Crippen LogP contribution in [0.4, 0.5) is 24.7 Å². The SMILES string of the molecule is CCNC1CC(NC(=O)c2ccc(Nc3nccn4c(-c5cn[nH]c5C(F)(F)F)cnc34)cc2Cl)C1.COC=O. The number of fused-ring (bicyclic) bond motifs is 1. The zero-order valence-corrected chi connectivity index (χ0v) is 22.2. The molecule has 0 bridgehead atoms. The lowest BCUT2D eigenvalue weighted by Crippen LogP contribution is -2.52. The van der Waals surface area contributed by atoms with Crippen LogP contribution in [0, 0.1) is 0 Å². The standard InChI is InChI=1S/C23H22ClF3N8O.C2H4O2/c1-2-28-13-7-14(8-13)33-22(36)15-4-3-12(9-17(15)24)32-20-21-30-11-18(35(21)6-5-29-20)16-10-31-34-19(16)23(25,26)27;1-4-2-3/h3-6,9-11,13-14,28H,2,7-8H2,1H3,(H,29,32)(H,31,34)(H,33,36);2H,1H3. The van der Waals surface area contributed by atoms with E-state index in [0.717, 1.165) is 25.6 Å². The van der Waals surface area contributed by atoms with E-state index < -0.39 is 11.9 Å². The van der Waals surface area contributed by atoms with Gasteiger partial charge in [-0.25, -0.2) is 9.97 Å². The minimum atomic E-state index is -4.60. The van der Waals surface area contributed by atoms with Crippen LogP contribution in [0.15, 0.2) is 43.0 Å². The summed E-state index contributed by atoms with van der Waals surface area (Å²) < 4.78 is 45.4. The quantitative estimate of drug-likeness (QED) is 0.228. The average Bonchev–Trinajstić information content (AvgIpc) is 3.55. The molecule has 4 N–H and O–H groups in total. The van der Waals surface area contributed by atoms with Crippen LogP contribution in [0.5, 0.6) is 0 Å². The van der Waals surface area contributed by atoms with E-state index in [4.69, 9.17) is 16.4 Å². The van der Waals surface area contributed by atoms with Crippen LogP contribution in [0.2, 0.25) is 5.02 Å². The predicted octanol–water partition coefficient (Wildman–Crippen LogP) is 4.19. The van der Waals surface area contributed by atoms with E-state index >= 15 is 0 Å². The molecular formula is C25H26ClF3N8O3. The third-order valence-electron chi connectivity index (χ3n) is 6.17.